The number of nitrogens with zero attached hydrogens (tertiary/aromatic N) is 1. The molecule has 1 aromatic rings. The normalized spacial score (nSPS) is 18.9. The summed E-state index contributed by atoms with van der Waals surface area (Å²) in [6, 6.07) is 9.82. The first-order chi connectivity index (χ1) is 9.62. The van der Waals surface area contributed by atoms with Crippen LogP contribution in [0.15, 0.2) is 30.3 Å². The third-order valence-electron chi connectivity index (χ3n) is 3.48. The SMILES string of the molecule is O=S(=O)(NC(CBr)Cc1ccccc1)N1CCCCC1. The first kappa shape index (κ1) is 15.9. The molecule has 0 amide bonds. The van der Waals surface area contributed by atoms with Gasteiger partial charge >= 0.3 is 0 Å². The highest BCUT2D eigenvalue weighted by Crippen LogP contribution is 2.13. The van der Waals surface area contributed by atoms with Crippen LogP contribution in [-0.4, -0.2) is 37.2 Å². The summed E-state index contributed by atoms with van der Waals surface area (Å²) in [6.45, 7) is 1.27. The fourth-order valence-corrected chi connectivity index (χ4v) is 4.50. The molecule has 20 heavy (non-hydrogen) atoms. The van der Waals surface area contributed by atoms with E-state index in [1.54, 1.807) is 4.31 Å². The average Bonchev–Trinajstić information content (AvgIpc) is 2.48. The maximum absolute atomic E-state index is 12.3. The Morgan fingerprint density at radius 2 is 1.80 bits per heavy atom. The van der Waals surface area contributed by atoms with E-state index in [4.69, 9.17) is 0 Å². The summed E-state index contributed by atoms with van der Waals surface area (Å²) in [7, 11) is -3.36. The van der Waals surface area contributed by atoms with Crippen LogP contribution < -0.4 is 4.72 Å². The fourth-order valence-electron chi connectivity index (χ4n) is 2.42. The minimum atomic E-state index is -3.36. The quantitative estimate of drug-likeness (QED) is 0.791. The van der Waals surface area contributed by atoms with Crippen molar-refractivity contribution in [1.82, 2.24) is 9.03 Å². The monoisotopic (exact) mass is 360 g/mol. The number of rotatable bonds is 6. The number of halogens is 1. The highest BCUT2D eigenvalue weighted by atomic mass is 79.9. The molecule has 1 fully saturated rings. The van der Waals surface area contributed by atoms with Crippen molar-refractivity contribution in [2.24, 2.45) is 0 Å². The van der Waals surface area contributed by atoms with Crippen molar-refractivity contribution >= 4 is 26.1 Å². The lowest BCUT2D eigenvalue weighted by Gasteiger charge is -2.28. The molecule has 0 aromatic heterocycles. The van der Waals surface area contributed by atoms with Gasteiger partial charge in [0.25, 0.3) is 10.2 Å². The van der Waals surface area contributed by atoms with Crippen molar-refractivity contribution in [1.29, 1.82) is 0 Å². The van der Waals surface area contributed by atoms with Crippen LogP contribution in [0.4, 0.5) is 0 Å². The summed E-state index contributed by atoms with van der Waals surface area (Å²) in [5, 5.41) is 0.606. The largest absolute Gasteiger partial charge is 0.279 e. The lowest BCUT2D eigenvalue weighted by Crippen LogP contribution is -2.48. The second-order valence-corrected chi connectivity index (χ2v) is 7.47. The standard InChI is InChI=1S/C14H21BrN2O2S/c15-12-14(11-13-7-3-1-4-8-13)16-20(18,19)17-9-5-2-6-10-17/h1,3-4,7-8,14,16H,2,5-6,9-12H2. The zero-order valence-corrected chi connectivity index (χ0v) is 13.9. The van der Waals surface area contributed by atoms with Gasteiger partial charge in [0.15, 0.2) is 0 Å². The Kier molecular flexibility index (Phi) is 6.01. The van der Waals surface area contributed by atoms with Crippen LogP contribution in [0.5, 0.6) is 0 Å². The lowest BCUT2D eigenvalue weighted by atomic mass is 10.1. The molecule has 1 saturated heterocycles. The molecule has 6 heteroatoms. The molecule has 0 bridgehead atoms. The van der Waals surface area contributed by atoms with Gasteiger partial charge in [-0.1, -0.05) is 52.7 Å². The topological polar surface area (TPSA) is 49.4 Å². The van der Waals surface area contributed by atoms with Gasteiger partial charge in [-0.3, -0.25) is 0 Å². The van der Waals surface area contributed by atoms with Gasteiger partial charge in [0.2, 0.25) is 0 Å². The number of piperidine rings is 1. The van der Waals surface area contributed by atoms with E-state index < -0.39 is 10.2 Å². The maximum Gasteiger partial charge on any atom is 0.279 e. The predicted molar refractivity (Wildman–Crippen MR) is 85.2 cm³/mol. The summed E-state index contributed by atoms with van der Waals surface area (Å²) in [5.74, 6) is 0. The molecular formula is C14H21BrN2O2S. The van der Waals surface area contributed by atoms with Crippen molar-refractivity contribution < 1.29 is 8.42 Å². The molecule has 112 valence electrons. The first-order valence-electron chi connectivity index (χ1n) is 6.99. The second kappa shape index (κ2) is 7.54. The van der Waals surface area contributed by atoms with Crippen molar-refractivity contribution in [2.45, 2.75) is 31.7 Å². The van der Waals surface area contributed by atoms with Crippen molar-refractivity contribution in [3.8, 4) is 0 Å². The zero-order valence-electron chi connectivity index (χ0n) is 11.5. The molecule has 1 heterocycles. The van der Waals surface area contributed by atoms with Crippen LogP contribution in [0.2, 0.25) is 0 Å². The number of hydrogen-bond donors (Lipinski definition) is 1. The molecule has 1 aliphatic rings. The number of benzene rings is 1. The molecule has 1 atom stereocenters. The lowest BCUT2D eigenvalue weighted by molar-refractivity contribution is 0.339. The van der Waals surface area contributed by atoms with Crippen LogP contribution in [0.25, 0.3) is 0 Å². The zero-order chi connectivity index (χ0) is 14.4. The van der Waals surface area contributed by atoms with Gasteiger partial charge < -0.3 is 0 Å². The molecule has 0 aliphatic carbocycles. The minimum absolute atomic E-state index is 0.121. The van der Waals surface area contributed by atoms with Gasteiger partial charge in [0, 0.05) is 24.5 Å². The highest BCUT2D eigenvalue weighted by Gasteiger charge is 2.26. The molecule has 4 nitrogen and oxygen atoms in total. The number of hydrogen-bond acceptors (Lipinski definition) is 2. The van der Waals surface area contributed by atoms with Gasteiger partial charge in [-0.15, -0.1) is 0 Å². The summed E-state index contributed by atoms with van der Waals surface area (Å²) < 4.78 is 29.1. The fraction of sp³-hybridized carbons (Fsp3) is 0.571. The Morgan fingerprint density at radius 1 is 1.15 bits per heavy atom. The van der Waals surface area contributed by atoms with Crippen LogP contribution >= 0.6 is 15.9 Å². The molecule has 2 rings (SSSR count). The Morgan fingerprint density at radius 3 is 2.40 bits per heavy atom. The summed E-state index contributed by atoms with van der Waals surface area (Å²) in [5.41, 5.74) is 1.14. The molecule has 0 radical (unpaired) electrons. The molecule has 0 spiro atoms. The smallest absolute Gasteiger partial charge is 0.198 e. The van der Waals surface area contributed by atoms with Gasteiger partial charge in [0.1, 0.15) is 0 Å². The second-order valence-electron chi connectivity index (χ2n) is 5.12. The van der Waals surface area contributed by atoms with Crippen molar-refractivity contribution in [2.75, 3.05) is 18.4 Å². The Labute approximate surface area is 129 Å². The van der Waals surface area contributed by atoms with Crippen LogP contribution in [0.1, 0.15) is 24.8 Å². The van der Waals surface area contributed by atoms with E-state index in [0.29, 0.717) is 24.8 Å². The maximum atomic E-state index is 12.3. The van der Waals surface area contributed by atoms with E-state index in [1.807, 2.05) is 30.3 Å². The van der Waals surface area contributed by atoms with Crippen LogP contribution in [0, 0.1) is 0 Å². The number of alkyl halides is 1. The van der Waals surface area contributed by atoms with E-state index in [9.17, 15) is 8.42 Å². The van der Waals surface area contributed by atoms with E-state index in [-0.39, 0.29) is 6.04 Å². The van der Waals surface area contributed by atoms with Crippen molar-refractivity contribution in [3.05, 3.63) is 35.9 Å². The third kappa shape index (κ3) is 4.55. The highest BCUT2D eigenvalue weighted by molar-refractivity contribution is 9.09. The Bertz CT molecular complexity index is 501. The van der Waals surface area contributed by atoms with Crippen molar-refractivity contribution in [3.63, 3.8) is 0 Å². The molecular weight excluding hydrogens is 340 g/mol. The Hall–Kier alpha value is -0.430. The molecule has 1 aliphatic heterocycles. The average molecular weight is 361 g/mol. The van der Waals surface area contributed by atoms with E-state index >= 15 is 0 Å². The summed E-state index contributed by atoms with van der Waals surface area (Å²) in [4.78, 5) is 0. The molecule has 1 N–H and O–H groups in total. The van der Waals surface area contributed by atoms with Crippen LogP contribution in [0.3, 0.4) is 0 Å². The summed E-state index contributed by atoms with van der Waals surface area (Å²) in [6.07, 6.45) is 3.73. The van der Waals surface area contributed by atoms with E-state index in [2.05, 4.69) is 20.7 Å². The van der Waals surface area contributed by atoms with Gasteiger partial charge in [-0.25, -0.2) is 0 Å². The predicted octanol–water partition coefficient (Wildman–Crippen LogP) is 2.31. The third-order valence-corrected chi connectivity index (χ3v) is 5.94. The number of nitrogens with one attached hydrogen (secondary N) is 1. The van der Waals surface area contributed by atoms with Gasteiger partial charge in [-0.2, -0.15) is 17.4 Å². The molecule has 1 aromatic carbocycles. The molecule has 1 unspecified atom stereocenters. The van der Waals surface area contributed by atoms with E-state index in [0.717, 1.165) is 24.8 Å². The Balaban J connectivity index is 1.98. The van der Waals surface area contributed by atoms with Crippen LogP contribution in [-0.2, 0) is 16.6 Å². The van der Waals surface area contributed by atoms with Gasteiger partial charge in [-0.05, 0) is 24.8 Å². The summed E-state index contributed by atoms with van der Waals surface area (Å²) >= 11 is 3.40. The van der Waals surface area contributed by atoms with E-state index in [1.165, 1.54) is 0 Å². The molecule has 0 saturated carbocycles. The minimum Gasteiger partial charge on any atom is -0.198 e. The van der Waals surface area contributed by atoms with Gasteiger partial charge in [0.05, 0.1) is 0 Å². The first-order valence-corrected chi connectivity index (χ1v) is 9.55.